The van der Waals surface area contributed by atoms with Gasteiger partial charge in [0.25, 0.3) is 0 Å². The van der Waals surface area contributed by atoms with E-state index in [4.69, 9.17) is 4.42 Å². The quantitative estimate of drug-likeness (QED) is 0.554. The number of nitrogens with zero attached hydrogens (tertiary/aromatic N) is 1. The number of aryl methyl sites for hydroxylation is 1. The highest BCUT2D eigenvalue weighted by Crippen LogP contribution is 2.34. The Morgan fingerprint density at radius 3 is 2.25 bits per heavy atom. The lowest BCUT2D eigenvalue weighted by atomic mass is 10.1. The zero-order chi connectivity index (χ0) is 17.3. The summed E-state index contributed by atoms with van der Waals surface area (Å²) in [5.41, 5.74) is 1.85. The van der Waals surface area contributed by atoms with Gasteiger partial charge in [-0.15, -0.1) is 0 Å². The molecule has 0 unspecified atom stereocenters. The first-order valence-corrected chi connectivity index (χ1v) is 10.5. The first kappa shape index (κ1) is 17.3. The van der Waals surface area contributed by atoms with Gasteiger partial charge in [-0.05, 0) is 49.6 Å². The fourth-order valence-electron chi connectivity index (χ4n) is 2.14. The Morgan fingerprint density at radius 2 is 1.67 bits per heavy atom. The van der Waals surface area contributed by atoms with Crippen molar-refractivity contribution in [1.29, 1.82) is 0 Å². The Morgan fingerprint density at radius 1 is 1.04 bits per heavy atom. The van der Waals surface area contributed by atoms with Gasteiger partial charge in [-0.2, -0.15) is 4.98 Å². The molecule has 0 N–H and O–H groups in total. The molecule has 24 heavy (non-hydrogen) atoms. The summed E-state index contributed by atoms with van der Waals surface area (Å²) >= 11 is 4.53. The molecule has 0 saturated heterocycles. The van der Waals surface area contributed by atoms with Gasteiger partial charge >= 0.3 is 0 Å². The van der Waals surface area contributed by atoms with Crippen LogP contribution in [0.3, 0.4) is 0 Å². The third-order valence-corrected chi connectivity index (χ3v) is 6.41. The molecule has 0 atom stereocenters. The molecular weight excluding hydrogens is 410 g/mol. The van der Waals surface area contributed by atoms with Crippen molar-refractivity contribution in [3.63, 3.8) is 0 Å². The van der Waals surface area contributed by atoms with Crippen LogP contribution in [0.4, 0.5) is 0 Å². The number of halogens is 1. The maximum Gasteiger partial charge on any atom is 0.228 e. The van der Waals surface area contributed by atoms with Crippen LogP contribution in [0, 0.1) is 6.92 Å². The maximum atomic E-state index is 12.9. The monoisotopic (exact) mass is 423 g/mol. The van der Waals surface area contributed by atoms with Crippen LogP contribution in [0.1, 0.15) is 5.56 Å². The molecule has 3 aromatic rings. The second-order valence-corrected chi connectivity index (χ2v) is 8.70. The molecule has 0 amide bonds. The molecule has 1 heterocycles. The minimum absolute atomic E-state index is 0.0482. The molecule has 1 aromatic heterocycles. The van der Waals surface area contributed by atoms with Crippen LogP contribution in [0.5, 0.6) is 0 Å². The van der Waals surface area contributed by atoms with Gasteiger partial charge in [0, 0.05) is 10.0 Å². The lowest BCUT2D eigenvalue weighted by Gasteiger charge is -2.02. The average Bonchev–Trinajstić information content (AvgIpc) is 3.01. The van der Waals surface area contributed by atoms with Crippen LogP contribution in [-0.4, -0.2) is 19.7 Å². The van der Waals surface area contributed by atoms with E-state index in [0.29, 0.717) is 5.89 Å². The molecule has 124 valence electrons. The Bertz CT molecular complexity index is 962. The van der Waals surface area contributed by atoms with Crippen molar-refractivity contribution in [2.45, 2.75) is 21.9 Å². The molecule has 3 rings (SSSR count). The van der Waals surface area contributed by atoms with E-state index in [1.54, 1.807) is 30.5 Å². The third-order valence-electron chi connectivity index (χ3n) is 3.43. The molecule has 0 spiro atoms. The molecule has 4 nitrogen and oxygen atoms in total. The zero-order valence-corrected chi connectivity index (χ0v) is 16.2. The maximum absolute atomic E-state index is 12.9. The molecule has 0 saturated carbocycles. The van der Waals surface area contributed by atoms with Gasteiger partial charge in [-0.25, -0.2) is 8.42 Å². The molecule has 0 aliphatic heterocycles. The van der Waals surface area contributed by atoms with Crippen molar-refractivity contribution >= 4 is 37.5 Å². The summed E-state index contributed by atoms with van der Waals surface area (Å²) in [5.74, 6) is 0.301. The fraction of sp³-hybridized carbons (Fsp3) is 0.118. The normalized spacial score (nSPS) is 11.6. The number of hydrogen-bond acceptors (Lipinski definition) is 5. The number of sulfone groups is 1. The van der Waals surface area contributed by atoms with E-state index < -0.39 is 9.84 Å². The van der Waals surface area contributed by atoms with Gasteiger partial charge in [0.2, 0.25) is 25.8 Å². The van der Waals surface area contributed by atoms with E-state index in [1.165, 1.54) is 11.8 Å². The van der Waals surface area contributed by atoms with E-state index in [9.17, 15) is 8.42 Å². The minimum Gasteiger partial charge on any atom is -0.428 e. The van der Waals surface area contributed by atoms with E-state index >= 15 is 0 Å². The number of rotatable bonds is 4. The molecule has 0 fully saturated rings. The Kier molecular flexibility index (Phi) is 4.85. The van der Waals surface area contributed by atoms with Crippen molar-refractivity contribution in [2.75, 3.05) is 6.26 Å². The van der Waals surface area contributed by atoms with E-state index in [2.05, 4.69) is 20.9 Å². The predicted molar refractivity (Wildman–Crippen MR) is 98.1 cm³/mol. The summed E-state index contributed by atoms with van der Waals surface area (Å²) in [6.07, 6.45) is 1.76. The average molecular weight is 424 g/mol. The molecule has 0 aliphatic carbocycles. The van der Waals surface area contributed by atoms with Crippen molar-refractivity contribution in [3.05, 3.63) is 58.6 Å². The Labute approximate surface area is 153 Å². The van der Waals surface area contributed by atoms with Gasteiger partial charge in [-0.3, -0.25) is 0 Å². The first-order chi connectivity index (χ1) is 11.4. The molecule has 0 bridgehead atoms. The lowest BCUT2D eigenvalue weighted by molar-refractivity contribution is 0.471. The van der Waals surface area contributed by atoms with Crippen molar-refractivity contribution in [2.24, 2.45) is 0 Å². The Hall–Kier alpha value is -1.57. The van der Waals surface area contributed by atoms with Gasteiger partial charge in [0.1, 0.15) is 0 Å². The van der Waals surface area contributed by atoms with Crippen molar-refractivity contribution in [3.8, 4) is 11.5 Å². The number of thioether (sulfide) groups is 1. The highest BCUT2D eigenvalue weighted by atomic mass is 79.9. The van der Waals surface area contributed by atoms with Gasteiger partial charge in [0.15, 0.2) is 0 Å². The second kappa shape index (κ2) is 6.74. The number of benzene rings is 2. The van der Waals surface area contributed by atoms with E-state index in [-0.39, 0.29) is 15.0 Å². The fourth-order valence-corrected chi connectivity index (χ4v) is 4.54. The largest absolute Gasteiger partial charge is 0.428 e. The van der Waals surface area contributed by atoms with Gasteiger partial charge in [-0.1, -0.05) is 45.4 Å². The second-order valence-electron chi connectivity index (χ2n) is 5.14. The summed E-state index contributed by atoms with van der Waals surface area (Å²) in [7, 11) is -3.74. The number of aromatic nitrogens is 1. The molecule has 0 radical (unpaired) electrons. The summed E-state index contributed by atoms with van der Waals surface area (Å²) in [6.45, 7) is 1.98. The topological polar surface area (TPSA) is 60.2 Å². The molecular formula is C17H14BrNO3S2. The summed E-state index contributed by atoms with van der Waals surface area (Å²) in [6, 6.07) is 14.1. The smallest absolute Gasteiger partial charge is 0.228 e. The van der Waals surface area contributed by atoms with E-state index in [0.717, 1.165) is 15.6 Å². The van der Waals surface area contributed by atoms with Crippen molar-refractivity contribution < 1.29 is 12.8 Å². The first-order valence-electron chi connectivity index (χ1n) is 7.04. The molecule has 2 aromatic carbocycles. The van der Waals surface area contributed by atoms with Crippen LogP contribution in [0.25, 0.3) is 11.5 Å². The third kappa shape index (κ3) is 3.29. The molecule has 0 aliphatic rings. The Balaban J connectivity index is 2.10. The zero-order valence-electron chi connectivity index (χ0n) is 13.0. The predicted octanol–water partition coefficient (Wildman–Crippen LogP) is 4.97. The van der Waals surface area contributed by atoms with Crippen LogP contribution < -0.4 is 0 Å². The number of oxazole rings is 1. The van der Waals surface area contributed by atoms with Gasteiger partial charge in [0.05, 0.1) is 4.90 Å². The van der Waals surface area contributed by atoms with Crippen LogP contribution in [-0.2, 0) is 9.84 Å². The highest BCUT2D eigenvalue weighted by molar-refractivity contribution is 9.10. The van der Waals surface area contributed by atoms with Crippen LogP contribution in [0.15, 0.2) is 72.4 Å². The minimum atomic E-state index is -3.74. The van der Waals surface area contributed by atoms with Crippen LogP contribution in [0.2, 0.25) is 0 Å². The number of hydrogen-bond donors (Lipinski definition) is 0. The summed E-state index contributed by atoms with van der Waals surface area (Å²) < 4.78 is 32.2. The lowest BCUT2D eigenvalue weighted by Crippen LogP contribution is -2.03. The SMILES string of the molecule is CSc1oc(-c2ccc(C)cc2)nc1S(=O)(=O)c1ccc(Br)cc1. The summed E-state index contributed by atoms with van der Waals surface area (Å²) in [4.78, 5) is 4.45. The van der Waals surface area contributed by atoms with E-state index in [1.807, 2.05) is 31.2 Å². The highest BCUT2D eigenvalue weighted by Gasteiger charge is 2.28. The van der Waals surface area contributed by atoms with Gasteiger partial charge < -0.3 is 4.42 Å². The standard InChI is InChI=1S/C17H14BrNO3S2/c1-11-3-5-12(6-4-11)15-19-16(17(22-15)23-2)24(20,21)14-9-7-13(18)8-10-14/h3-10H,1-2H3. The summed E-state index contributed by atoms with van der Waals surface area (Å²) in [5, 5.41) is 0.237. The van der Waals surface area contributed by atoms with Crippen molar-refractivity contribution in [1.82, 2.24) is 4.98 Å². The molecule has 7 heteroatoms. The van der Waals surface area contributed by atoms with Crippen LogP contribution >= 0.6 is 27.7 Å².